The second kappa shape index (κ2) is 4.71. The number of nitrogens with two attached hydrogens (primary N) is 1. The van der Waals surface area contributed by atoms with Crippen molar-refractivity contribution < 1.29 is 4.79 Å². The van der Waals surface area contributed by atoms with Crippen LogP contribution in [0.1, 0.15) is 18.5 Å². The van der Waals surface area contributed by atoms with Crippen molar-refractivity contribution in [2.24, 2.45) is 5.73 Å². The van der Waals surface area contributed by atoms with E-state index in [0.29, 0.717) is 17.2 Å². The first-order chi connectivity index (χ1) is 9.58. The molecule has 0 radical (unpaired) electrons. The zero-order valence-electron chi connectivity index (χ0n) is 10.5. The summed E-state index contributed by atoms with van der Waals surface area (Å²) in [7, 11) is 0. The maximum atomic E-state index is 11.8. The van der Waals surface area contributed by atoms with Crippen LogP contribution in [-0.2, 0) is 4.79 Å². The number of allylic oxidation sites excluding steroid dienone is 1. The van der Waals surface area contributed by atoms with Crippen LogP contribution in [0.3, 0.4) is 0 Å². The topological polar surface area (TPSA) is 98.7 Å². The average molecular weight is 335 g/mol. The van der Waals surface area contributed by atoms with Crippen molar-refractivity contribution in [1.82, 2.24) is 20.2 Å². The number of hydrogen-bond donors (Lipinski definition) is 2. The molecular formula is C12H11BrN6O. The molecule has 1 amide bonds. The number of nitrogens with one attached hydrogen (secondary N) is 1. The maximum absolute atomic E-state index is 11.8. The van der Waals surface area contributed by atoms with Crippen LogP contribution in [0.15, 0.2) is 40.0 Å². The third-order valence-corrected chi connectivity index (χ3v) is 3.64. The van der Waals surface area contributed by atoms with E-state index in [2.05, 4.69) is 36.8 Å². The van der Waals surface area contributed by atoms with Gasteiger partial charge in [0.25, 0.3) is 0 Å². The normalized spacial score (nSPS) is 17.6. The minimum atomic E-state index is -0.499. The Morgan fingerprint density at radius 1 is 1.50 bits per heavy atom. The second-order valence-corrected chi connectivity index (χ2v) is 5.35. The van der Waals surface area contributed by atoms with Crippen molar-refractivity contribution in [3.05, 3.63) is 45.6 Å². The predicted octanol–water partition coefficient (Wildman–Crippen LogP) is 1.21. The summed E-state index contributed by atoms with van der Waals surface area (Å²) in [6, 6.07) is 7.18. The van der Waals surface area contributed by atoms with E-state index < -0.39 is 11.9 Å². The zero-order chi connectivity index (χ0) is 14.3. The molecule has 1 aromatic carbocycles. The number of nitrogens with zero attached hydrogens (tertiary/aromatic N) is 4. The largest absolute Gasteiger partial charge is 0.366 e. The Labute approximate surface area is 123 Å². The molecule has 1 aromatic heterocycles. The van der Waals surface area contributed by atoms with E-state index >= 15 is 0 Å². The third kappa shape index (κ3) is 1.97. The van der Waals surface area contributed by atoms with Gasteiger partial charge in [-0.15, -0.1) is 0 Å². The van der Waals surface area contributed by atoms with E-state index in [0.717, 1.165) is 10.0 Å². The first-order valence-electron chi connectivity index (χ1n) is 5.89. The van der Waals surface area contributed by atoms with E-state index in [-0.39, 0.29) is 0 Å². The molecule has 2 aromatic rings. The van der Waals surface area contributed by atoms with E-state index in [9.17, 15) is 4.79 Å². The summed E-state index contributed by atoms with van der Waals surface area (Å²) in [6.45, 7) is 1.78. The van der Waals surface area contributed by atoms with Crippen molar-refractivity contribution in [2.45, 2.75) is 13.0 Å². The Hall–Kier alpha value is -2.22. The highest BCUT2D eigenvalue weighted by Crippen LogP contribution is 2.34. The number of halogens is 1. The Bertz CT molecular complexity index is 722. The van der Waals surface area contributed by atoms with Crippen LogP contribution < -0.4 is 11.1 Å². The molecule has 102 valence electrons. The summed E-state index contributed by atoms with van der Waals surface area (Å²) in [5, 5.41) is 14.5. The monoisotopic (exact) mass is 334 g/mol. The molecule has 8 heteroatoms. The highest BCUT2D eigenvalue weighted by Gasteiger charge is 2.32. The summed E-state index contributed by atoms with van der Waals surface area (Å²) >= 11 is 3.42. The number of primary amides is 1. The van der Waals surface area contributed by atoms with E-state index in [1.54, 1.807) is 11.6 Å². The van der Waals surface area contributed by atoms with Gasteiger partial charge in [-0.3, -0.25) is 4.79 Å². The van der Waals surface area contributed by atoms with Gasteiger partial charge in [0.05, 0.1) is 5.57 Å². The van der Waals surface area contributed by atoms with Gasteiger partial charge < -0.3 is 11.1 Å². The quantitative estimate of drug-likeness (QED) is 0.859. The smallest absolute Gasteiger partial charge is 0.248 e. The molecule has 1 aliphatic rings. The first kappa shape index (κ1) is 12.8. The standard InChI is InChI=1S/C12H11BrN6O/c1-6-9(11(14)20)10(7-3-2-4-8(13)5-7)19-12(15-6)16-17-18-19/h2-5,10H,1H3,(H2,14,20)(H,15,16,18)/t10-/m1/s1. The summed E-state index contributed by atoms with van der Waals surface area (Å²) in [5.41, 5.74) is 7.50. The molecule has 0 bridgehead atoms. The summed E-state index contributed by atoms with van der Waals surface area (Å²) in [4.78, 5) is 11.8. The van der Waals surface area contributed by atoms with Crippen LogP contribution in [0.25, 0.3) is 0 Å². The molecule has 0 saturated carbocycles. The van der Waals surface area contributed by atoms with Crippen molar-refractivity contribution in [3.63, 3.8) is 0 Å². The molecule has 20 heavy (non-hydrogen) atoms. The van der Waals surface area contributed by atoms with Gasteiger partial charge in [0, 0.05) is 10.2 Å². The Morgan fingerprint density at radius 3 is 3.00 bits per heavy atom. The molecule has 2 heterocycles. The maximum Gasteiger partial charge on any atom is 0.248 e. The molecule has 0 unspecified atom stereocenters. The number of aromatic nitrogens is 4. The van der Waals surface area contributed by atoms with Crippen molar-refractivity contribution in [3.8, 4) is 0 Å². The van der Waals surface area contributed by atoms with Gasteiger partial charge in [0.1, 0.15) is 6.04 Å². The lowest BCUT2D eigenvalue weighted by atomic mass is 9.95. The number of rotatable bonds is 2. The van der Waals surface area contributed by atoms with Gasteiger partial charge in [-0.25, -0.2) is 0 Å². The number of hydrogen-bond acceptors (Lipinski definition) is 5. The highest BCUT2D eigenvalue weighted by molar-refractivity contribution is 9.10. The average Bonchev–Trinajstić information content (AvgIpc) is 2.84. The molecule has 1 aliphatic heterocycles. The summed E-state index contributed by atoms with van der Waals surface area (Å²) in [5.74, 6) is -0.0152. The van der Waals surface area contributed by atoms with Gasteiger partial charge in [-0.2, -0.15) is 4.68 Å². The molecule has 0 aliphatic carbocycles. The zero-order valence-corrected chi connectivity index (χ0v) is 12.1. The van der Waals surface area contributed by atoms with Gasteiger partial charge >= 0.3 is 0 Å². The first-order valence-corrected chi connectivity index (χ1v) is 6.68. The molecule has 7 nitrogen and oxygen atoms in total. The number of carbonyl (C=O) groups is 1. The van der Waals surface area contributed by atoms with Crippen molar-refractivity contribution in [2.75, 3.05) is 5.32 Å². The molecule has 3 rings (SSSR count). The van der Waals surface area contributed by atoms with Crippen molar-refractivity contribution >= 4 is 27.8 Å². The minimum Gasteiger partial charge on any atom is -0.366 e. The number of anilines is 1. The Kier molecular flexibility index (Phi) is 3.01. The van der Waals surface area contributed by atoms with Crippen LogP contribution in [0.2, 0.25) is 0 Å². The van der Waals surface area contributed by atoms with Gasteiger partial charge in [-0.1, -0.05) is 33.2 Å². The lowest BCUT2D eigenvalue weighted by molar-refractivity contribution is -0.115. The van der Waals surface area contributed by atoms with Crippen LogP contribution >= 0.6 is 15.9 Å². The summed E-state index contributed by atoms with van der Waals surface area (Å²) < 4.78 is 2.46. The fourth-order valence-corrected chi connectivity index (χ4v) is 2.73. The number of carbonyl (C=O) groups excluding carboxylic acids is 1. The lowest BCUT2D eigenvalue weighted by Gasteiger charge is -2.26. The third-order valence-electron chi connectivity index (χ3n) is 3.14. The molecule has 0 spiro atoms. The number of fused-ring (bicyclic) bond motifs is 1. The Balaban J connectivity index is 2.22. The number of tetrazole rings is 1. The Morgan fingerprint density at radius 2 is 2.30 bits per heavy atom. The van der Waals surface area contributed by atoms with Crippen molar-refractivity contribution in [1.29, 1.82) is 0 Å². The fraction of sp³-hybridized carbons (Fsp3) is 0.167. The fourth-order valence-electron chi connectivity index (χ4n) is 2.32. The van der Waals surface area contributed by atoms with E-state index in [4.69, 9.17) is 5.73 Å². The second-order valence-electron chi connectivity index (χ2n) is 4.43. The number of benzene rings is 1. The van der Waals surface area contributed by atoms with E-state index in [1.807, 2.05) is 24.3 Å². The SMILES string of the molecule is CC1=C(C(N)=O)[C@@H](c2cccc(Br)c2)n2nnnc2N1. The minimum absolute atomic E-state index is 0.434. The summed E-state index contributed by atoms with van der Waals surface area (Å²) in [6.07, 6.45) is 0. The van der Waals surface area contributed by atoms with Crippen LogP contribution in [-0.4, -0.2) is 26.1 Å². The molecule has 3 N–H and O–H groups in total. The van der Waals surface area contributed by atoms with Gasteiger partial charge in [-0.05, 0) is 35.0 Å². The van der Waals surface area contributed by atoms with Gasteiger partial charge in [0.2, 0.25) is 11.9 Å². The van der Waals surface area contributed by atoms with Crippen LogP contribution in [0, 0.1) is 0 Å². The molecular weight excluding hydrogens is 324 g/mol. The molecule has 1 atom stereocenters. The highest BCUT2D eigenvalue weighted by atomic mass is 79.9. The predicted molar refractivity (Wildman–Crippen MR) is 75.6 cm³/mol. The van der Waals surface area contributed by atoms with Gasteiger partial charge in [0.15, 0.2) is 0 Å². The van der Waals surface area contributed by atoms with E-state index in [1.165, 1.54) is 0 Å². The lowest BCUT2D eigenvalue weighted by Crippen LogP contribution is -2.31. The van der Waals surface area contributed by atoms with Crippen LogP contribution in [0.5, 0.6) is 0 Å². The number of amides is 1. The molecule has 0 fully saturated rings. The van der Waals surface area contributed by atoms with Crippen LogP contribution in [0.4, 0.5) is 5.95 Å². The molecule has 0 saturated heterocycles.